The topological polar surface area (TPSA) is 50.8 Å². The van der Waals surface area contributed by atoms with E-state index >= 15 is 0 Å². The number of benzene rings is 1. The lowest BCUT2D eigenvalue weighted by Crippen LogP contribution is -2.45. The van der Waals surface area contributed by atoms with Crippen LogP contribution >= 0.6 is 0 Å². The maximum Gasteiger partial charge on any atom is 0.129 e. The first-order valence-corrected chi connectivity index (χ1v) is 6.69. The van der Waals surface area contributed by atoms with Gasteiger partial charge in [0.25, 0.3) is 0 Å². The Balaban J connectivity index is 1.87. The maximum absolute atomic E-state index is 9.38. The maximum atomic E-state index is 9.38. The quantitative estimate of drug-likeness (QED) is 0.824. The summed E-state index contributed by atoms with van der Waals surface area (Å²) in [6.07, 6.45) is 2.50. The van der Waals surface area contributed by atoms with Crippen LogP contribution in [-0.4, -0.2) is 22.8 Å². The predicted molar refractivity (Wildman–Crippen MR) is 70.8 cm³/mol. The van der Waals surface area contributed by atoms with Gasteiger partial charge in [-0.15, -0.1) is 0 Å². The van der Waals surface area contributed by atoms with Crippen molar-refractivity contribution in [3.8, 4) is 6.07 Å². The van der Waals surface area contributed by atoms with E-state index in [9.17, 15) is 5.26 Å². The molecule has 0 amide bonds. The minimum atomic E-state index is -0.446. The first-order chi connectivity index (χ1) is 9.23. The highest BCUT2D eigenvalue weighted by molar-refractivity contribution is 5.77. The van der Waals surface area contributed by atoms with Gasteiger partial charge < -0.3 is 9.30 Å². The number of hydrogen-bond acceptors (Lipinski definition) is 3. The van der Waals surface area contributed by atoms with Crippen molar-refractivity contribution in [1.29, 1.82) is 5.26 Å². The summed E-state index contributed by atoms with van der Waals surface area (Å²) in [5.74, 6) is 1.82. The molecule has 1 aliphatic carbocycles. The Morgan fingerprint density at radius 3 is 2.79 bits per heavy atom. The first kappa shape index (κ1) is 11.0. The number of imidazole rings is 1. The fraction of sp³-hybridized carbons (Fsp3) is 0.467. The number of nitriles is 1. The molecule has 1 aromatic carbocycles. The minimum absolute atomic E-state index is 0.446. The SMILES string of the molecule is Cn1c(C2CC2)nc2ccc(C3(C#N)COC3)cc21. The summed E-state index contributed by atoms with van der Waals surface area (Å²) >= 11 is 0. The fourth-order valence-corrected chi connectivity index (χ4v) is 2.81. The summed E-state index contributed by atoms with van der Waals surface area (Å²) in [5.41, 5.74) is 2.76. The van der Waals surface area contributed by atoms with Crippen molar-refractivity contribution in [2.75, 3.05) is 13.2 Å². The van der Waals surface area contributed by atoms with Crippen molar-refractivity contribution in [2.45, 2.75) is 24.2 Å². The molecule has 0 radical (unpaired) electrons. The molecule has 0 unspecified atom stereocenters. The van der Waals surface area contributed by atoms with Gasteiger partial charge in [0.05, 0.1) is 30.3 Å². The summed E-state index contributed by atoms with van der Waals surface area (Å²) in [4.78, 5) is 4.72. The predicted octanol–water partition coefficient (Wildman–Crippen LogP) is 2.24. The number of ether oxygens (including phenoxy) is 1. The summed E-state index contributed by atoms with van der Waals surface area (Å²) in [6.45, 7) is 1.00. The minimum Gasteiger partial charge on any atom is -0.377 e. The standard InChI is InChI=1S/C15H15N3O/c1-18-13-6-11(15(7-16)8-19-9-15)4-5-12(13)17-14(18)10-2-3-10/h4-6,10H,2-3,8-9H2,1H3. The van der Waals surface area contributed by atoms with Gasteiger partial charge in [-0.05, 0) is 30.5 Å². The van der Waals surface area contributed by atoms with E-state index in [-0.39, 0.29) is 0 Å². The molecule has 4 rings (SSSR count). The van der Waals surface area contributed by atoms with Crippen LogP contribution in [-0.2, 0) is 17.2 Å². The average Bonchev–Trinajstić information content (AvgIpc) is 3.15. The van der Waals surface area contributed by atoms with Gasteiger partial charge in [0.15, 0.2) is 0 Å². The second-order valence-corrected chi connectivity index (χ2v) is 5.69. The first-order valence-electron chi connectivity index (χ1n) is 6.69. The highest BCUT2D eigenvalue weighted by Crippen LogP contribution is 2.41. The molecule has 1 saturated carbocycles. The molecule has 19 heavy (non-hydrogen) atoms. The van der Waals surface area contributed by atoms with Crippen molar-refractivity contribution in [2.24, 2.45) is 7.05 Å². The molecule has 4 heteroatoms. The van der Waals surface area contributed by atoms with E-state index in [1.807, 2.05) is 12.1 Å². The third kappa shape index (κ3) is 1.45. The summed E-state index contributed by atoms with van der Waals surface area (Å²) < 4.78 is 7.42. The van der Waals surface area contributed by atoms with Crippen LogP contribution in [0.4, 0.5) is 0 Å². The molecular weight excluding hydrogens is 238 g/mol. The largest absolute Gasteiger partial charge is 0.377 e. The second-order valence-electron chi connectivity index (χ2n) is 5.69. The summed E-state index contributed by atoms with van der Waals surface area (Å²) in [5, 5.41) is 9.38. The number of aromatic nitrogens is 2. The van der Waals surface area contributed by atoms with Gasteiger partial charge in [-0.1, -0.05) is 6.07 Å². The Bertz CT molecular complexity index is 702. The van der Waals surface area contributed by atoms with Crippen LogP contribution in [0.3, 0.4) is 0 Å². The lowest BCUT2D eigenvalue weighted by atomic mass is 9.80. The summed E-state index contributed by atoms with van der Waals surface area (Å²) in [7, 11) is 2.07. The molecule has 0 bridgehead atoms. The van der Waals surface area contributed by atoms with Crippen LogP contribution < -0.4 is 0 Å². The van der Waals surface area contributed by atoms with Gasteiger partial charge in [0, 0.05) is 13.0 Å². The van der Waals surface area contributed by atoms with Crippen LogP contribution in [0.15, 0.2) is 18.2 Å². The normalized spacial score (nSPS) is 21.1. The van der Waals surface area contributed by atoms with Crippen molar-refractivity contribution in [1.82, 2.24) is 9.55 Å². The van der Waals surface area contributed by atoms with Crippen LogP contribution in [0.1, 0.15) is 30.1 Å². The molecule has 2 heterocycles. The van der Waals surface area contributed by atoms with E-state index in [4.69, 9.17) is 9.72 Å². The number of fused-ring (bicyclic) bond motifs is 1. The van der Waals surface area contributed by atoms with Crippen LogP contribution in [0.25, 0.3) is 11.0 Å². The van der Waals surface area contributed by atoms with E-state index in [0.717, 1.165) is 16.6 Å². The van der Waals surface area contributed by atoms with Crippen LogP contribution in [0, 0.1) is 11.3 Å². The molecule has 96 valence electrons. The zero-order valence-electron chi connectivity index (χ0n) is 10.9. The van der Waals surface area contributed by atoms with Crippen molar-refractivity contribution in [3.63, 3.8) is 0 Å². The van der Waals surface area contributed by atoms with Crippen LogP contribution in [0.5, 0.6) is 0 Å². The van der Waals surface area contributed by atoms with E-state index in [1.54, 1.807) is 0 Å². The second kappa shape index (κ2) is 3.58. The molecule has 1 saturated heterocycles. The molecule has 2 fully saturated rings. The molecule has 0 spiro atoms. The van der Waals surface area contributed by atoms with Crippen molar-refractivity contribution in [3.05, 3.63) is 29.6 Å². The van der Waals surface area contributed by atoms with E-state index < -0.39 is 5.41 Å². The van der Waals surface area contributed by atoms with Crippen molar-refractivity contribution >= 4 is 11.0 Å². The van der Waals surface area contributed by atoms with Gasteiger partial charge in [-0.2, -0.15) is 5.26 Å². The fourth-order valence-electron chi connectivity index (χ4n) is 2.81. The highest BCUT2D eigenvalue weighted by atomic mass is 16.5. The lowest BCUT2D eigenvalue weighted by molar-refractivity contribution is -0.0297. The Kier molecular flexibility index (Phi) is 2.07. The zero-order valence-corrected chi connectivity index (χ0v) is 10.9. The number of rotatable bonds is 2. The van der Waals surface area contributed by atoms with Gasteiger partial charge in [-0.3, -0.25) is 0 Å². The van der Waals surface area contributed by atoms with E-state index in [2.05, 4.69) is 23.8 Å². The van der Waals surface area contributed by atoms with Gasteiger partial charge in [-0.25, -0.2) is 4.98 Å². The molecule has 0 atom stereocenters. The third-order valence-electron chi connectivity index (χ3n) is 4.32. The van der Waals surface area contributed by atoms with Gasteiger partial charge in [0.1, 0.15) is 11.2 Å². The lowest BCUT2D eigenvalue weighted by Gasteiger charge is -2.35. The number of aryl methyl sites for hydroxylation is 1. The van der Waals surface area contributed by atoms with Gasteiger partial charge in [0.2, 0.25) is 0 Å². The average molecular weight is 253 g/mol. The van der Waals surface area contributed by atoms with Crippen molar-refractivity contribution < 1.29 is 4.74 Å². The molecule has 1 aliphatic heterocycles. The third-order valence-corrected chi connectivity index (χ3v) is 4.32. The zero-order chi connectivity index (χ0) is 13.0. The molecule has 1 aromatic heterocycles. The number of nitrogens with zero attached hydrogens (tertiary/aromatic N) is 3. The van der Waals surface area contributed by atoms with E-state index in [1.165, 1.54) is 18.7 Å². The molecule has 2 aliphatic rings. The summed E-state index contributed by atoms with van der Waals surface area (Å²) in [6, 6.07) is 8.57. The Morgan fingerprint density at radius 2 is 2.21 bits per heavy atom. The van der Waals surface area contributed by atoms with Crippen LogP contribution in [0.2, 0.25) is 0 Å². The van der Waals surface area contributed by atoms with E-state index in [0.29, 0.717) is 19.1 Å². The monoisotopic (exact) mass is 253 g/mol. The molecule has 2 aromatic rings. The highest BCUT2D eigenvalue weighted by Gasteiger charge is 2.41. The Labute approximate surface area is 111 Å². The molecule has 4 nitrogen and oxygen atoms in total. The van der Waals surface area contributed by atoms with Gasteiger partial charge >= 0.3 is 0 Å². The molecule has 0 N–H and O–H groups in total. The Hall–Kier alpha value is -1.86. The molecular formula is C15H15N3O. The smallest absolute Gasteiger partial charge is 0.129 e. The Morgan fingerprint density at radius 1 is 1.42 bits per heavy atom. The number of hydrogen-bond donors (Lipinski definition) is 0.